The summed E-state index contributed by atoms with van der Waals surface area (Å²) < 4.78 is 60.3. The fourth-order valence-corrected chi connectivity index (χ4v) is 2.72. The van der Waals surface area contributed by atoms with Gasteiger partial charge >= 0.3 is 59.1 Å². The molecular weight excluding hydrogens is 310 g/mol. The van der Waals surface area contributed by atoms with Crippen LogP contribution in [0.15, 0.2) is 21.9 Å². The van der Waals surface area contributed by atoms with E-state index in [1.807, 2.05) is 0 Å². The number of hydrogen-bond acceptors (Lipinski definition) is 6. The molecule has 0 aliphatic rings. The van der Waals surface area contributed by atoms with Crippen LogP contribution in [0.1, 0.15) is 0 Å². The van der Waals surface area contributed by atoms with Crippen LogP contribution >= 0.6 is 0 Å². The second-order valence-corrected chi connectivity index (χ2v) is 5.52. The Hall–Kier alpha value is 0.640. The summed E-state index contributed by atoms with van der Waals surface area (Å²) in [4.78, 5) is -2.46. The molecule has 94 valence electrons. The standard InChI is InChI=1S/C6H6O8S2.2Na.2H/c7-3-1-5(15(9,10)11)6(2-4(3)8)16(12,13)14;;;;/h1-2,7-8H,(H,9,10,11)(H,12,13,14);;;;. The Morgan fingerprint density at radius 1 is 0.722 bits per heavy atom. The molecule has 0 atom stereocenters. The molecule has 1 aromatic rings. The van der Waals surface area contributed by atoms with E-state index in [1.165, 1.54) is 0 Å². The van der Waals surface area contributed by atoms with Crippen LogP contribution in [0.4, 0.5) is 0 Å². The molecule has 0 aliphatic heterocycles. The van der Waals surface area contributed by atoms with Crippen LogP contribution in [0.3, 0.4) is 0 Å². The van der Waals surface area contributed by atoms with E-state index in [0.717, 1.165) is 0 Å². The first-order valence-electron chi connectivity index (χ1n) is 3.54. The van der Waals surface area contributed by atoms with Gasteiger partial charge in [0.1, 0.15) is 9.79 Å². The number of rotatable bonds is 2. The second-order valence-electron chi connectivity index (χ2n) is 2.74. The van der Waals surface area contributed by atoms with Gasteiger partial charge in [0.2, 0.25) is 0 Å². The molecule has 18 heavy (non-hydrogen) atoms. The normalized spacial score (nSPS) is 11.2. The summed E-state index contributed by atoms with van der Waals surface area (Å²) in [5.74, 6) is -1.92. The third-order valence-corrected chi connectivity index (χ3v) is 3.51. The van der Waals surface area contributed by atoms with E-state index < -0.39 is 41.5 Å². The van der Waals surface area contributed by atoms with E-state index in [-0.39, 0.29) is 59.1 Å². The van der Waals surface area contributed by atoms with Gasteiger partial charge in [0, 0.05) is 12.1 Å². The fourth-order valence-electron chi connectivity index (χ4n) is 0.942. The SMILES string of the molecule is O=S(=O)(O)c1cc(O)c(O)cc1S(=O)(=O)O.[NaH].[NaH]. The fraction of sp³-hybridized carbons (Fsp3) is 0. The average molecular weight is 318 g/mol. The van der Waals surface area contributed by atoms with Gasteiger partial charge in [-0.05, 0) is 0 Å². The van der Waals surface area contributed by atoms with Crippen LogP contribution in [-0.4, -0.2) is 95.3 Å². The van der Waals surface area contributed by atoms with E-state index in [0.29, 0.717) is 12.1 Å². The zero-order chi connectivity index (χ0) is 12.7. The molecule has 8 nitrogen and oxygen atoms in total. The summed E-state index contributed by atoms with van der Waals surface area (Å²) in [6.45, 7) is 0. The Morgan fingerprint density at radius 3 is 1.11 bits per heavy atom. The van der Waals surface area contributed by atoms with E-state index in [1.54, 1.807) is 0 Å². The van der Waals surface area contributed by atoms with Crippen molar-refractivity contribution in [2.45, 2.75) is 9.79 Å². The molecule has 0 radical (unpaired) electrons. The third-order valence-electron chi connectivity index (χ3n) is 1.60. The van der Waals surface area contributed by atoms with Crippen molar-refractivity contribution in [1.29, 1.82) is 0 Å². The number of benzene rings is 1. The van der Waals surface area contributed by atoms with Crippen molar-refractivity contribution in [3.8, 4) is 11.5 Å². The van der Waals surface area contributed by atoms with E-state index >= 15 is 0 Å². The van der Waals surface area contributed by atoms with Gasteiger partial charge in [0.05, 0.1) is 0 Å². The average Bonchev–Trinajstić information content (AvgIpc) is 2.05. The topological polar surface area (TPSA) is 149 Å². The third kappa shape index (κ3) is 4.96. The summed E-state index contributed by atoms with van der Waals surface area (Å²) >= 11 is 0. The van der Waals surface area contributed by atoms with Crippen molar-refractivity contribution in [3.05, 3.63) is 12.1 Å². The zero-order valence-corrected chi connectivity index (χ0v) is 9.03. The van der Waals surface area contributed by atoms with E-state index in [4.69, 9.17) is 19.3 Å². The minimum absolute atomic E-state index is 0. The summed E-state index contributed by atoms with van der Waals surface area (Å²) in [5, 5.41) is 17.9. The van der Waals surface area contributed by atoms with Crippen molar-refractivity contribution in [2.75, 3.05) is 0 Å². The maximum absolute atomic E-state index is 10.8. The van der Waals surface area contributed by atoms with Crippen LogP contribution in [0.25, 0.3) is 0 Å². The van der Waals surface area contributed by atoms with Gasteiger partial charge in [0.25, 0.3) is 20.2 Å². The molecule has 0 unspecified atom stereocenters. The maximum atomic E-state index is 10.8. The Morgan fingerprint density at radius 2 is 0.944 bits per heavy atom. The molecule has 0 amide bonds. The van der Waals surface area contributed by atoms with Gasteiger partial charge < -0.3 is 10.2 Å². The van der Waals surface area contributed by atoms with Crippen LogP contribution in [-0.2, 0) is 20.2 Å². The molecule has 1 rings (SSSR count). The Kier molecular flexibility index (Phi) is 8.01. The molecule has 0 fully saturated rings. The Bertz CT molecular complexity index is 579. The molecule has 0 saturated carbocycles. The summed E-state index contributed by atoms with van der Waals surface area (Å²) in [5.41, 5.74) is 0. The molecule has 0 saturated heterocycles. The monoisotopic (exact) mass is 318 g/mol. The quantitative estimate of drug-likeness (QED) is 0.286. The summed E-state index contributed by atoms with van der Waals surface area (Å²) in [6, 6.07) is 0.599. The minimum atomic E-state index is -4.97. The summed E-state index contributed by atoms with van der Waals surface area (Å²) in [7, 11) is -9.93. The molecule has 12 heteroatoms. The summed E-state index contributed by atoms with van der Waals surface area (Å²) in [6.07, 6.45) is 0. The number of phenols is 2. The molecule has 4 N–H and O–H groups in total. The molecular formula is C6H8Na2O8S2. The van der Waals surface area contributed by atoms with E-state index in [2.05, 4.69) is 0 Å². The Labute approximate surface area is 147 Å². The molecule has 0 aromatic heterocycles. The van der Waals surface area contributed by atoms with Crippen LogP contribution in [0.5, 0.6) is 11.5 Å². The first-order valence-corrected chi connectivity index (χ1v) is 6.42. The van der Waals surface area contributed by atoms with Crippen LogP contribution < -0.4 is 0 Å². The first kappa shape index (κ1) is 20.9. The van der Waals surface area contributed by atoms with Gasteiger partial charge in [-0.25, -0.2) is 0 Å². The number of phenolic OH excluding ortho intramolecular Hbond substituents is 2. The van der Waals surface area contributed by atoms with Crippen molar-refractivity contribution >= 4 is 79.4 Å². The van der Waals surface area contributed by atoms with Crippen LogP contribution in [0, 0.1) is 0 Å². The van der Waals surface area contributed by atoms with Crippen LogP contribution in [0.2, 0.25) is 0 Å². The van der Waals surface area contributed by atoms with Gasteiger partial charge in [-0.15, -0.1) is 0 Å². The van der Waals surface area contributed by atoms with Gasteiger partial charge in [-0.2, -0.15) is 16.8 Å². The van der Waals surface area contributed by atoms with Crippen molar-refractivity contribution < 1.29 is 36.2 Å². The molecule has 0 aliphatic carbocycles. The zero-order valence-electron chi connectivity index (χ0n) is 7.39. The van der Waals surface area contributed by atoms with Gasteiger partial charge in [0.15, 0.2) is 11.5 Å². The molecule has 1 aromatic carbocycles. The van der Waals surface area contributed by atoms with Gasteiger partial charge in [-0.3, -0.25) is 9.11 Å². The van der Waals surface area contributed by atoms with Crippen molar-refractivity contribution in [2.24, 2.45) is 0 Å². The first-order chi connectivity index (χ1) is 7.03. The van der Waals surface area contributed by atoms with Crippen molar-refractivity contribution in [1.82, 2.24) is 0 Å². The molecule has 0 spiro atoms. The predicted octanol–water partition coefficient (Wildman–Crippen LogP) is -1.71. The number of aromatic hydroxyl groups is 2. The Balaban J connectivity index is 0. The van der Waals surface area contributed by atoms with Gasteiger partial charge in [-0.1, -0.05) is 0 Å². The van der Waals surface area contributed by atoms with Crippen molar-refractivity contribution in [3.63, 3.8) is 0 Å². The van der Waals surface area contributed by atoms with E-state index in [9.17, 15) is 16.8 Å². The molecule has 0 heterocycles. The molecule has 0 bridgehead atoms. The second kappa shape index (κ2) is 6.88. The number of hydrogen-bond donors (Lipinski definition) is 4. The predicted molar refractivity (Wildman–Crippen MR) is 63.7 cm³/mol.